The van der Waals surface area contributed by atoms with Crippen LogP contribution < -0.4 is 10.1 Å². The smallest absolute Gasteiger partial charge is 0.277 e. The Morgan fingerprint density at radius 2 is 2.16 bits per heavy atom. The molecule has 0 radical (unpaired) electrons. The molecule has 25 heavy (non-hydrogen) atoms. The number of aryl methyl sites for hydroxylation is 1. The second-order valence-electron chi connectivity index (χ2n) is 5.41. The molecule has 1 aromatic carbocycles. The Kier molecular flexibility index (Phi) is 5.04. The van der Waals surface area contributed by atoms with Gasteiger partial charge in [0.05, 0.1) is 30.6 Å². The fourth-order valence-corrected chi connectivity index (χ4v) is 2.61. The van der Waals surface area contributed by atoms with Crippen molar-refractivity contribution >= 4 is 23.2 Å². The lowest BCUT2D eigenvalue weighted by Crippen LogP contribution is -2.13. The molecular weight excluding hydrogens is 342 g/mol. The Bertz CT molecular complexity index is 887. The number of halogens is 1. The molecule has 130 valence electrons. The van der Waals surface area contributed by atoms with E-state index in [2.05, 4.69) is 15.5 Å². The van der Waals surface area contributed by atoms with Crippen LogP contribution in [0.4, 0.5) is 5.69 Å². The number of hydrogen-bond acceptors (Lipinski definition) is 4. The summed E-state index contributed by atoms with van der Waals surface area (Å²) in [5, 5.41) is 11.5. The molecule has 0 saturated carbocycles. The first-order valence-electron chi connectivity index (χ1n) is 7.78. The molecule has 0 atom stereocenters. The molecular formula is C17H18ClN5O2. The van der Waals surface area contributed by atoms with Gasteiger partial charge in [0.2, 0.25) is 0 Å². The van der Waals surface area contributed by atoms with E-state index >= 15 is 0 Å². The first kappa shape index (κ1) is 17.0. The van der Waals surface area contributed by atoms with Crippen LogP contribution in [-0.2, 0) is 13.1 Å². The molecule has 1 amide bonds. The van der Waals surface area contributed by atoms with Crippen LogP contribution in [0.2, 0.25) is 5.02 Å². The maximum atomic E-state index is 12.3. The van der Waals surface area contributed by atoms with Gasteiger partial charge in [-0.2, -0.15) is 10.2 Å². The van der Waals surface area contributed by atoms with Gasteiger partial charge in [-0.1, -0.05) is 23.7 Å². The normalized spacial score (nSPS) is 10.7. The monoisotopic (exact) mass is 359 g/mol. The first-order valence-corrected chi connectivity index (χ1v) is 8.16. The van der Waals surface area contributed by atoms with Crippen LogP contribution in [0.15, 0.2) is 42.9 Å². The van der Waals surface area contributed by atoms with Gasteiger partial charge in [-0.15, -0.1) is 0 Å². The van der Waals surface area contributed by atoms with Crippen LogP contribution in [0.25, 0.3) is 0 Å². The zero-order valence-electron chi connectivity index (χ0n) is 13.9. The molecule has 3 rings (SSSR count). The molecule has 0 unspecified atom stereocenters. The summed E-state index contributed by atoms with van der Waals surface area (Å²) in [6.07, 6.45) is 4.97. The third-order valence-electron chi connectivity index (χ3n) is 3.63. The minimum atomic E-state index is -0.363. The molecule has 0 aliphatic rings. The van der Waals surface area contributed by atoms with Gasteiger partial charge in [0.15, 0.2) is 5.69 Å². The average molecular weight is 360 g/mol. The summed E-state index contributed by atoms with van der Waals surface area (Å²) in [7, 11) is 1.63. The number of nitrogens with zero attached hydrogens (tertiary/aromatic N) is 4. The third-order valence-corrected chi connectivity index (χ3v) is 3.90. The van der Waals surface area contributed by atoms with Gasteiger partial charge < -0.3 is 10.1 Å². The Morgan fingerprint density at radius 1 is 1.32 bits per heavy atom. The molecule has 0 spiro atoms. The van der Waals surface area contributed by atoms with Gasteiger partial charge in [0, 0.05) is 18.9 Å². The average Bonchev–Trinajstić information content (AvgIpc) is 3.21. The lowest BCUT2D eigenvalue weighted by molar-refractivity contribution is 0.102. The number of methoxy groups -OCH3 is 1. The molecule has 2 heterocycles. The summed E-state index contributed by atoms with van der Waals surface area (Å²) >= 11 is 6.05. The minimum absolute atomic E-state index is 0.198. The fraction of sp³-hybridized carbons (Fsp3) is 0.235. The van der Waals surface area contributed by atoms with Crippen molar-refractivity contribution in [2.24, 2.45) is 0 Å². The SMILES string of the molecule is CCn1cc(Cl)c(C(=O)Nc2cnn(Cc3cccc(OC)c3)c2)n1. The first-order chi connectivity index (χ1) is 12.1. The molecule has 0 bridgehead atoms. The van der Waals surface area contributed by atoms with E-state index in [0.717, 1.165) is 11.3 Å². The molecule has 0 saturated heterocycles. The van der Waals surface area contributed by atoms with Gasteiger partial charge in [-0.05, 0) is 24.6 Å². The highest BCUT2D eigenvalue weighted by molar-refractivity contribution is 6.34. The van der Waals surface area contributed by atoms with E-state index in [1.54, 1.807) is 35.1 Å². The number of ether oxygens (including phenoxy) is 1. The summed E-state index contributed by atoms with van der Waals surface area (Å²) in [6.45, 7) is 3.14. The van der Waals surface area contributed by atoms with Crippen molar-refractivity contribution in [2.75, 3.05) is 12.4 Å². The highest BCUT2D eigenvalue weighted by atomic mass is 35.5. The van der Waals surface area contributed by atoms with E-state index in [9.17, 15) is 4.79 Å². The molecule has 1 N–H and O–H groups in total. The van der Waals surface area contributed by atoms with E-state index in [1.165, 1.54) is 0 Å². The van der Waals surface area contributed by atoms with Crippen molar-refractivity contribution in [1.29, 1.82) is 0 Å². The van der Waals surface area contributed by atoms with Crippen LogP contribution in [-0.4, -0.2) is 32.6 Å². The zero-order valence-corrected chi connectivity index (χ0v) is 14.7. The van der Waals surface area contributed by atoms with Crippen molar-refractivity contribution < 1.29 is 9.53 Å². The molecule has 3 aromatic rings. The topological polar surface area (TPSA) is 74.0 Å². The van der Waals surface area contributed by atoms with E-state index < -0.39 is 0 Å². The van der Waals surface area contributed by atoms with Gasteiger partial charge in [-0.3, -0.25) is 14.2 Å². The van der Waals surface area contributed by atoms with E-state index in [0.29, 0.717) is 23.8 Å². The van der Waals surface area contributed by atoms with Crippen molar-refractivity contribution in [3.05, 3.63) is 59.1 Å². The molecule has 8 heteroatoms. The van der Waals surface area contributed by atoms with E-state index in [1.807, 2.05) is 31.2 Å². The quantitative estimate of drug-likeness (QED) is 0.734. The van der Waals surface area contributed by atoms with Crippen molar-refractivity contribution in [1.82, 2.24) is 19.6 Å². The van der Waals surface area contributed by atoms with E-state index in [4.69, 9.17) is 16.3 Å². The summed E-state index contributed by atoms with van der Waals surface area (Å²) in [6, 6.07) is 7.74. The number of aromatic nitrogens is 4. The lowest BCUT2D eigenvalue weighted by Gasteiger charge is -2.04. The van der Waals surface area contributed by atoms with Gasteiger partial charge in [0.25, 0.3) is 5.91 Å². The molecule has 7 nitrogen and oxygen atoms in total. The number of amides is 1. The number of rotatable bonds is 6. The van der Waals surface area contributed by atoms with E-state index in [-0.39, 0.29) is 11.6 Å². The van der Waals surface area contributed by atoms with Gasteiger partial charge >= 0.3 is 0 Å². The summed E-state index contributed by atoms with van der Waals surface area (Å²) in [4.78, 5) is 12.3. The Hall–Kier alpha value is -2.80. The predicted octanol–water partition coefficient (Wildman–Crippen LogP) is 3.06. The third kappa shape index (κ3) is 4.00. The Labute approximate surface area is 150 Å². The largest absolute Gasteiger partial charge is 0.497 e. The highest BCUT2D eigenvalue weighted by Crippen LogP contribution is 2.17. The van der Waals surface area contributed by atoms with Crippen LogP contribution >= 0.6 is 11.6 Å². The van der Waals surface area contributed by atoms with Crippen LogP contribution in [0, 0.1) is 0 Å². The lowest BCUT2D eigenvalue weighted by atomic mass is 10.2. The zero-order chi connectivity index (χ0) is 17.8. The van der Waals surface area contributed by atoms with Crippen LogP contribution in [0.3, 0.4) is 0 Å². The highest BCUT2D eigenvalue weighted by Gasteiger charge is 2.16. The number of nitrogens with one attached hydrogen (secondary N) is 1. The maximum absolute atomic E-state index is 12.3. The molecule has 0 fully saturated rings. The number of benzene rings is 1. The summed E-state index contributed by atoms with van der Waals surface area (Å²) in [5.41, 5.74) is 1.82. The Morgan fingerprint density at radius 3 is 2.88 bits per heavy atom. The second kappa shape index (κ2) is 7.40. The second-order valence-corrected chi connectivity index (χ2v) is 5.82. The predicted molar refractivity (Wildman–Crippen MR) is 95.2 cm³/mol. The number of carbonyl (C=O) groups is 1. The van der Waals surface area contributed by atoms with Gasteiger partial charge in [0.1, 0.15) is 5.75 Å². The van der Waals surface area contributed by atoms with Crippen molar-refractivity contribution in [3.8, 4) is 5.75 Å². The minimum Gasteiger partial charge on any atom is -0.497 e. The van der Waals surface area contributed by atoms with Crippen molar-refractivity contribution in [2.45, 2.75) is 20.0 Å². The number of anilines is 1. The van der Waals surface area contributed by atoms with Crippen LogP contribution in [0.5, 0.6) is 5.75 Å². The maximum Gasteiger partial charge on any atom is 0.277 e. The molecule has 2 aromatic heterocycles. The molecule has 0 aliphatic carbocycles. The summed E-state index contributed by atoms with van der Waals surface area (Å²) < 4.78 is 8.56. The standard InChI is InChI=1S/C17H18ClN5O2/c1-3-22-11-15(18)16(21-22)17(24)20-13-8-19-23(10-13)9-12-5-4-6-14(7-12)25-2/h4-8,10-11H,3,9H2,1-2H3,(H,20,24). The molecule has 0 aliphatic heterocycles. The van der Waals surface area contributed by atoms with Crippen molar-refractivity contribution in [3.63, 3.8) is 0 Å². The number of hydrogen-bond donors (Lipinski definition) is 1. The van der Waals surface area contributed by atoms with Gasteiger partial charge in [-0.25, -0.2) is 0 Å². The van der Waals surface area contributed by atoms with Crippen LogP contribution in [0.1, 0.15) is 23.0 Å². The summed E-state index contributed by atoms with van der Waals surface area (Å²) in [5.74, 6) is 0.428. The fourth-order valence-electron chi connectivity index (χ4n) is 2.38. The number of carbonyl (C=O) groups excluding carboxylic acids is 1. The Balaban J connectivity index is 1.68.